The van der Waals surface area contributed by atoms with Gasteiger partial charge in [-0.15, -0.1) is 0 Å². The van der Waals surface area contributed by atoms with Crippen LogP contribution in [0.15, 0.2) is 24.5 Å². The number of aromatic nitrogens is 3. The number of hydrogen-bond donors (Lipinski definition) is 2. The number of nitrogens with one attached hydrogen (secondary N) is 1. The summed E-state index contributed by atoms with van der Waals surface area (Å²) in [5.74, 6) is -1.96. The number of anilines is 3. The van der Waals surface area contributed by atoms with Crippen LogP contribution in [0.1, 0.15) is 29.3 Å². The molecule has 0 radical (unpaired) electrons. The van der Waals surface area contributed by atoms with Gasteiger partial charge in [-0.05, 0) is 30.5 Å². The van der Waals surface area contributed by atoms with Gasteiger partial charge in [0.1, 0.15) is 23.3 Å². The predicted molar refractivity (Wildman–Crippen MR) is 113 cm³/mol. The van der Waals surface area contributed by atoms with Crippen LogP contribution in [0.3, 0.4) is 0 Å². The molecule has 0 unspecified atom stereocenters. The lowest BCUT2D eigenvalue weighted by Gasteiger charge is -2.23. The molecule has 10 heteroatoms. The van der Waals surface area contributed by atoms with E-state index in [2.05, 4.69) is 15.3 Å². The van der Waals surface area contributed by atoms with Crippen molar-refractivity contribution >= 4 is 40.2 Å². The second-order valence-electron chi connectivity index (χ2n) is 7.64. The minimum atomic E-state index is -1.14. The molecule has 3 N–H and O–H groups in total. The van der Waals surface area contributed by atoms with Gasteiger partial charge in [-0.3, -0.25) is 9.59 Å². The van der Waals surface area contributed by atoms with Gasteiger partial charge in [0.2, 0.25) is 11.8 Å². The normalized spacial score (nSPS) is 17.6. The molecule has 0 bridgehead atoms. The molecule has 8 nitrogen and oxygen atoms in total. The zero-order valence-corrected chi connectivity index (χ0v) is 17.3. The second kappa shape index (κ2) is 7.60. The van der Waals surface area contributed by atoms with Crippen molar-refractivity contribution in [3.8, 4) is 0 Å². The number of aryl methyl sites for hydroxylation is 2. The number of nitrogens with two attached hydrogens (primary N) is 1. The van der Waals surface area contributed by atoms with E-state index in [0.29, 0.717) is 28.8 Å². The second-order valence-corrected chi connectivity index (χ2v) is 7.64. The van der Waals surface area contributed by atoms with Crippen molar-refractivity contribution in [2.45, 2.75) is 25.9 Å². The first-order valence-electron chi connectivity index (χ1n) is 9.84. The van der Waals surface area contributed by atoms with Crippen molar-refractivity contribution in [2.24, 2.45) is 18.7 Å². The molecule has 0 saturated heterocycles. The molecule has 2 aromatic heterocycles. The maximum atomic E-state index is 15.0. The molecule has 3 aromatic rings. The van der Waals surface area contributed by atoms with Crippen molar-refractivity contribution in [2.75, 3.05) is 17.3 Å². The number of rotatable bonds is 6. The monoisotopic (exact) mass is 428 g/mol. The Morgan fingerprint density at radius 1 is 1.35 bits per heavy atom. The molecule has 0 aliphatic heterocycles. The SMILES string of the molecule is CCc1cc(C(N)=O)cc(F)c1N(C)c1cc2c(ncn2C)c(NC(=O)[C@H]2C[C@H]2F)n1. The summed E-state index contributed by atoms with van der Waals surface area (Å²) in [6.45, 7) is 1.84. The highest BCUT2D eigenvalue weighted by atomic mass is 19.1. The minimum Gasteiger partial charge on any atom is -0.366 e. The third-order valence-electron chi connectivity index (χ3n) is 5.48. The van der Waals surface area contributed by atoms with Crippen molar-refractivity contribution in [1.82, 2.24) is 14.5 Å². The molecule has 2 heterocycles. The summed E-state index contributed by atoms with van der Waals surface area (Å²) in [4.78, 5) is 34.1. The van der Waals surface area contributed by atoms with Crippen LogP contribution < -0.4 is 16.0 Å². The molecule has 162 valence electrons. The van der Waals surface area contributed by atoms with Crippen LogP contribution in [0.2, 0.25) is 0 Å². The fraction of sp³-hybridized carbons (Fsp3) is 0.333. The maximum Gasteiger partial charge on any atom is 0.248 e. The number of nitrogens with zero attached hydrogens (tertiary/aromatic N) is 4. The summed E-state index contributed by atoms with van der Waals surface area (Å²) in [6.07, 6.45) is 1.07. The fourth-order valence-corrected chi connectivity index (χ4v) is 3.58. The van der Waals surface area contributed by atoms with Crippen LogP contribution in [-0.4, -0.2) is 39.6 Å². The summed E-state index contributed by atoms with van der Waals surface area (Å²) in [7, 11) is 3.42. The number of hydrogen-bond acceptors (Lipinski definition) is 5. The average molecular weight is 428 g/mol. The number of pyridine rings is 1. The van der Waals surface area contributed by atoms with Crippen molar-refractivity contribution in [3.63, 3.8) is 0 Å². The number of fused-ring (bicyclic) bond motifs is 1. The van der Waals surface area contributed by atoms with E-state index in [1.807, 2.05) is 6.92 Å². The Kier molecular flexibility index (Phi) is 5.08. The number of benzene rings is 1. The first kappa shape index (κ1) is 20.7. The van der Waals surface area contributed by atoms with Crippen LogP contribution in [-0.2, 0) is 18.3 Å². The van der Waals surface area contributed by atoms with Crippen molar-refractivity contribution in [1.29, 1.82) is 0 Å². The van der Waals surface area contributed by atoms with E-state index in [-0.39, 0.29) is 23.5 Å². The summed E-state index contributed by atoms with van der Waals surface area (Å²) in [5, 5.41) is 2.66. The van der Waals surface area contributed by atoms with Gasteiger partial charge in [-0.2, -0.15) is 0 Å². The van der Waals surface area contributed by atoms with Crippen molar-refractivity contribution in [3.05, 3.63) is 41.5 Å². The van der Waals surface area contributed by atoms with E-state index in [4.69, 9.17) is 5.73 Å². The number of halogens is 2. The Morgan fingerprint density at radius 2 is 2.06 bits per heavy atom. The Labute approximate surface area is 177 Å². The van der Waals surface area contributed by atoms with Gasteiger partial charge >= 0.3 is 0 Å². The van der Waals surface area contributed by atoms with E-state index in [1.54, 1.807) is 37.1 Å². The lowest BCUT2D eigenvalue weighted by atomic mass is 10.0. The van der Waals surface area contributed by atoms with E-state index >= 15 is 0 Å². The van der Waals surface area contributed by atoms with Gasteiger partial charge in [0.25, 0.3) is 0 Å². The highest BCUT2D eigenvalue weighted by Crippen LogP contribution is 2.36. The third kappa shape index (κ3) is 3.69. The number of carbonyl (C=O) groups is 2. The van der Waals surface area contributed by atoms with Crippen LogP contribution >= 0.6 is 0 Å². The van der Waals surface area contributed by atoms with Crippen LogP contribution in [0.5, 0.6) is 0 Å². The van der Waals surface area contributed by atoms with E-state index in [1.165, 1.54) is 4.90 Å². The summed E-state index contributed by atoms with van der Waals surface area (Å²) in [6, 6.07) is 4.36. The fourth-order valence-electron chi connectivity index (χ4n) is 3.58. The first-order chi connectivity index (χ1) is 14.7. The third-order valence-corrected chi connectivity index (χ3v) is 5.48. The summed E-state index contributed by atoms with van der Waals surface area (Å²) < 4.78 is 30.0. The Hall–Kier alpha value is -3.56. The standard InChI is InChI=1S/C21H22F2N6O2/c1-4-10-5-11(19(24)30)6-14(23)18(10)29(3)16-8-15-17(25-9-28(15)2)20(26-16)27-21(31)12-7-13(12)22/h5-6,8-9,12-13H,4,7H2,1-3H3,(H2,24,30)(H,26,27,31)/t12-,13+/m0/s1. The molecule has 1 aromatic carbocycles. The first-order valence-corrected chi connectivity index (χ1v) is 9.84. The number of alkyl halides is 1. The van der Waals surface area contributed by atoms with E-state index in [9.17, 15) is 18.4 Å². The van der Waals surface area contributed by atoms with Gasteiger partial charge in [-0.25, -0.2) is 18.7 Å². The Bertz CT molecular complexity index is 1210. The topological polar surface area (TPSA) is 106 Å². The number of amides is 2. The predicted octanol–water partition coefficient (Wildman–Crippen LogP) is 2.83. The zero-order valence-electron chi connectivity index (χ0n) is 17.3. The van der Waals surface area contributed by atoms with Gasteiger partial charge in [0.15, 0.2) is 5.82 Å². The van der Waals surface area contributed by atoms with E-state index < -0.39 is 29.7 Å². The molecule has 2 atom stereocenters. The Morgan fingerprint density at radius 3 is 2.68 bits per heavy atom. The quantitative estimate of drug-likeness (QED) is 0.628. The van der Waals surface area contributed by atoms with E-state index in [0.717, 1.165) is 6.07 Å². The smallest absolute Gasteiger partial charge is 0.248 e. The summed E-state index contributed by atoms with van der Waals surface area (Å²) in [5.41, 5.74) is 7.32. The zero-order chi connectivity index (χ0) is 22.4. The molecule has 31 heavy (non-hydrogen) atoms. The average Bonchev–Trinajstić information content (AvgIpc) is 3.35. The highest BCUT2D eigenvalue weighted by molar-refractivity contribution is 6.01. The van der Waals surface area contributed by atoms with Gasteiger partial charge in [0, 0.05) is 25.7 Å². The molecule has 0 spiro atoms. The van der Waals surface area contributed by atoms with Gasteiger partial charge < -0.3 is 20.5 Å². The lowest BCUT2D eigenvalue weighted by molar-refractivity contribution is -0.117. The molecule has 1 fully saturated rings. The van der Waals surface area contributed by atoms with Crippen molar-refractivity contribution < 1.29 is 18.4 Å². The molecule has 4 rings (SSSR count). The number of primary amides is 1. The van der Waals surface area contributed by atoms with Crippen LogP contribution in [0.25, 0.3) is 11.0 Å². The molecule has 1 saturated carbocycles. The highest BCUT2D eigenvalue weighted by Gasteiger charge is 2.44. The summed E-state index contributed by atoms with van der Waals surface area (Å²) >= 11 is 0. The van der Waals surface area contributed by atoms with Crippen LogP contribution in [0, 0.1) is 11.7 Å². The number of carbonyl (C=O) groups excluding carboxylic acids is 2. The molecule has 2 amide bonds. The largest absolute Gasteiger partial charge is 0.366 e. The molecular weight excluding hydrogens is 406 g/mol. The maximum absolute atomic E-state index is 15.0. The molecule has 1 aliphatic rings. The van der Waals surface area contributed by atoms with Gasteiger partial charge in [-0.1, -0.05) is 6.92 Å². The van der Waals surface area contributed by atoms with Gasteiger partial charge in [0.05, 0.1) is 23.4 Å². The molecular formula is C21H22F2N6O2. The molecule has 1 aliphatic carbocycles. The number of imidazole rings is 1. The Balaban J connectivity index is 1.80. The lowest BCUT2D eigenvalue weighted by Crippen LogP contribution is -2.20. The van der Waals surface area contributed by atoms with Crippen LogP contribution in [0.4, 0.5) is 26.1 Å². The minimum absolute atomic E-state index is 0.0831.